The highest BCUT2D eigenvalue weighted by Crippen LogP contribution is 2.15. The van der Waals surface area contributed by atoms with Crippen molar-refractivity contribution in [2.45, 2.75) is 25.8 Å². The van der Waals surface area contributed by atoms with Crippen LogP contribution in [0.3, 0.4) is 0 Å². The first-order valence-corrected chi connectivity index (χ1v) is 6.97. The maximum absolute atomic E-state index is 11.7. The average molecular weight is 357 g/mol. The largest absolute Gasteiger partial charge is 0.340 e. The molecule has 7 heteroatoms. The summed E-state index contributed by atoms with van der Waals surface area (Å²) in [6.45, 7) is 1.89. The van der Waals surface area contributed by atoms with Crippen molar-refractivity contribution < 1.29 is 4.79 Å². The Hall–Kier alpha value is -1.82. The normalized spacial score (nSPS) is 10.7. The maximum Gasteiger partial charge on any atom is 0.224 e. The lowest BCUT2D eigenvalue weighted by Gasteiger charge is -2.08. The lowest BCUT2D eigenvalue weighted by atomic mass is 10.2. The molecule has 0 saturated carbocycles. The molecule has 5 nitrogen and oxygen atoms in total. The lowest BCUT2D eigenvalue weighted by molar-refractivity contribution is -0.116. The topological polar surface area (TPSA) is 80.0 Å². The zero-order valence-electron chi connectivity index (χ0n) is 12.9. The summed E-state index contributed by atoms with van der Waals surface area (Å²) in [4.78, 5) is 16.0. The number of para-hydroxylation sites is 1. The number of nitrogens with zero attached hydrogens (tertiary/aromatic N) is 1. The first-order chi connectivity index (χ1) is 10.1. The number of carbonyl (C=O) groups excluding carboxylic acids is 1. The summed E-state index contributed by atoms with van der Waals surface area (Å²) in [5, 5.41) is 5.99. The molecule has 126 valence electrons. The van der Waals surface area contributed by atoms with Crippen molar-refractivity contribution in [3.8, 4) is 0 Å². The Bertz CT molecular complexity index is 576. The number of benzene rings is 1. The summed E-state index contributed by atoms with van der Waals surface area (Å²) in [6.07, 6.45) is 2.73. The van der Waals surface area contributed by atoms with Gasteiger partial charge in [-0.3, -0.25) is 4.79 Å². The first-order valence-electron chi connectivity index (χ1n) is 6.97. The molecule has 0 radical (unpaired) electrons. The summed E-state index contributed by atoms with van der Waals surface area (Å²) >= 11 is 0. The summed E-state index contributed by atoms with van der Waals surface area (Å²) in [7, 11) is 0. The Labute approximate surface area is 148 Å². The zero-order valence-corrected chi connectivity index (χ0v) is 14.5. The van der Waals surface area contributed by atoms with E-state index in [0.29, 0.717) is 18.5 Å². The predicted molar refractivity (Wildman–Crippen MR) is 100.0 cm³/mol. The molecule has 0 aliphatic heterocycles. The number of carbonyl (C=O) groups is 1. The molecule has 0 fully saturated rings. The van der Waals surface area contributed by atoms with E-state index >= 15 is 0 Å². The number of hydrogen-bond donors (Lipinski definition) is 3. The molecule has 1 heterocycles. The second-order valence-electron chi connectivity index (χ2n) is 4.99. The number of hydrogen-bond acceptors (Lipinski definition) is 4. The first kappa shape index (κ1) is 21.2. The molecule has 0 spiro atoms. The average Bonchev–Trinajstić information content (AvgIpc) is 2.48. The molecule has 1 aromatic carbocycles. The molecule has 23 heavy (non-hydrogen) atoms. The number of aromatic nitrogens is 1. The van der Waals surface area contributed by atoms with E-state index in [1.54, 1.807) is 6.20 Å². The number of nitrogens with one attached hydrogen (secondary N) is 2. The predicted octanol–water partition coefficient (Wildman–Crippen LogP) is 3.73. The summed E-state index contributed by atoms with van der Waals surface area (Å²) in [6, 6.07) is 13.5. The summed E-state index contributed by atoms with van der Waals surface area (Å²) < 4.78 is 0. The Morgan fingerprint density at radius 3 is 2.39 bits per heavy atom. The highest BCUT2D eigenvalue weighted by molar-refractivity contribution is 5.90. The van der Waals surface area contributed by atoms with Gasteiger partial charge in [-0.2, -0.15) is 0 Å². The third-order valence-corrected chi connectivity index (χ3v) is 2.92. The monoisotopic (exact) mass is 356 g/mol. The van der Waals surface area contributed by atoms with E-state index in [1.807, 2.05) is 49.4 Å². The van der Waals surface area contributed by atoms with E-state index in [2.05, 4.69) is 15.6 Å². The van der Waals surface area contributed by atoms with Crippen LogP contribution in [0, 0.1) is 0 Å². The van der Waals surface area contributed by atoms with E-state index in [0.717, 1.165) is 11.5 Å². The van der Waals surface area contributed by atoms with Gasteiger partial charge in [-0.1, -0.05) is 18.2 Å². The number of nitrogens with two attached hydrogens (primary N) is 1. The minimum atomic E-state index is -0.0436. The van der Waals surface area contributed by atoms with Gasteiger partial charge in [0.15, 0.2) is 0 Å². The van der Waals surface area contributed by atoms with Crippen molar-refractivity contribution in [1.29, 1.82) is 0 Å². The number of halogens is 2. The Morgan fingerprint density at radius 1 is 1.13 bits per heavy atom. The number of rotatable bonds is 6. The fraction of sp³-hybridized carbons (Fsp3) is 0.250. The molecule has 0 bridgehead atoms. The molecule has 2 aromatic rings. The van der Waals surface area contributed by atoms with Gasteiger partial charge >= 0.3 is 0 Å². The minimum Gasteiger partial charge on any atom is -0.340 e. The van der Waals surface area contributed by atoms with E-state index < -0.39 is 0 Å². The fourth-order valence-electron chi connectivity index (χ4n) is 1.79. The van der Waals surface area contributed by atoms with Crippen LogP contribution < -0.4 is 16.4 Å². The Morgan fingerprint density at radius 2 is 1.83 bits per heavy atom. The maximum atomic E-state index is 11.7. The van der Waals surface area contributed by atoms with Crippen LogP contribution in [-0.2, 0) is 4.79 Å². The second-order valence-corrected chi connectivity index (χ2v) is 4.99. The fourth-order valence-corrected chi connectivity index (χ4v) is 1.79. The van der Waals surface area contributed by atoms with Crippen LogP contribution in [0.2, 0.25) is 0 Å². The van der Waals surface area contributed by atoms with Crippen molar-refractivity contribution in [1.82, 2.24) is 4.98 Å². The van der Waals surface area contributed by atoms with Crippen LogP contribution in [0.1, 0.15) is 19.8 Å². The van der Waals surface area contributed by atoms with Crippen LogP contribution in [0.5, 0.6) is 0 Å². The molecule has 0 aliphatic carbocycles. The standard InChI is InChI=1S/C16H20N4O.2ClH/c1-12(17)7-10-16(21)20-14-8-9-15(18-11-14)19-13-5-3-2-4-6-13;;/h2-6,8-9,11-12H,7,10,17H2,1H3,(H,18,19)(H,20,21);2*1H. The van der Waals surface area contributed by atoms with Gasteiger partial charge in [0.2, 0.25) is 5.91 Å². The van der Waals surface area contributed by atoms with Crippen molar-refractivity contribution in [3.05, 3.63) is 48.7 Å². The zero-order chi connectivity index (χ0) is 15.1. The molecule has 0 aliphatic rings. The molecule has 1 aromatic heterocycles. The highest BCUT2D eigenvalue weighted by atomic mass is 35.5. The van der Waals surface area contributed by atoms with E-state index in [9.17, 15) is 4.79 Å². The smallest absolute Gasteiger partial charge is 0.224 e. The lowest BCUT2D eigenvalue weighted by Crippen LogP contribution is -2.19. The molecular formula is C16H22Cl2N4O. The van der Waals surface area contributed by atoms with Gasteiger partial charge in [-0.25, -0.2) is 4.98 Å². The van der Waals surface area contributed by atoms with Gasteiger partial charge in [-0.15, -0.1) is 24.8 Å². The molecular weight excluding hydrogens is 335 g/mol. The number of anilines is 3. The van der Waals surface area contributed by atoms with E-state index in [1.165, 1.54) is 0 Å². The van der Waals surface area contributed by atoms with E-state index in [-0.39, 0.29) is 36.8 Å². The summed E-state index contributed by atoms with van der Waals surface area (Å²) in [5.74, 6) is 0.688. The van der Waals surface area contributed by atoms with Crippen molar-refractivity contribution in [2.24, 2.45) is 5.73 Å². The van der Waals surface area contributed by atoms with Gasteiger partial charge in [0.25, 0.3) is 0 Å². The Balaban J connectivity index is 0.00000242. The molecule has 0 saturated heterocycles. The molecule has 1 amide bonds. The van der Waals surface area contributed by atoms with Gasteiger partial charge in [-0.05, 0) is 37.6 Å². The van der Waals surface area contributed by atoms with Crippen molar-refractivity contribution in [2.75, 3.05) is 10.6 Å². The summed E-state index contributed by atoms with van der Waals surface area (Å²) in [5.41, 5.74) is 7.28. The van der Waals surface area contributed by atoms with Crippen LogP contribution in [0.4, 0.5) is 17.2 Å². The van der Waals surface area contributed by atoms with Crippen LogP contribution in [0.25, 0.3) is 0 Å². The number of pyridine rings is 1. The Kier molecular flexibility index (Phi) is 9.97. The van der Waals surface area contributed by atoms with Gasteiger partial charge in [0, 0.05) is 18.2 Å². The molecule has 2 rings (SSSR count). The van der Waals surface area contributed by atoms with Gasteiger partial charge in [0.1, 0.15) is 5.82 Å². The van der Waals surface area contributed by atoms with Crippen molar-refractivity contribution in [3.63, 3.8) is 0 Å². The molecule has 1 unspecified atom stereocenters. The minimum absolute atomic E-state index is 0. The van der Waals surface area contributed by atoms with Crippen LogP contribution >= 0.6 is 24.8 Å². The third-order valence-electron chi connectivity index (χ3n) is 2.92. The van der Waals surface area contributed by atoms with E-state index in [4.69, 9.17) is 5.73 Å². The number of amides is 1. The molecule has 1 atom stereocenters. The van der Waals surface area contributed by atoms with Gasteiger partial charge in [0.05, 0.1) is 11.9 Å². The van der Waals surface area contributed by atoms with Crippen molar-refractivity contribution >= 4 is 47.9 Å². The quantitative estimate of drug-likeness (QED) is 0.736. The highest BCUT2D eigenvalue weighted by Gasteiger charge is 2.04. The third kappa shape index (κ3) is 7.83. The SMILES string of the molecule is CC(N)CCC(=O)Nc1ccc(Nc2ccccc2)nc1.Cl.Cl. The molecule has 4 N–H and O–H groups in total. The second kappa shape index (κ2) is 10.8. The van der Waals surface area contributed by atoms with Crippen LogP contribution in [0.15, 0.2) is 48.7 Å². The van der Waals surface area contributed by atoms with Crippen LogP contribution in [-0.4, -0.2) is 16.9 Å². The van der Waals surface area contributed by atoms with Gasteiger partial charge < -0.3 is 16.4 Å².